The molecule has 1 N–H and O–H groups in total. The SMILES string of the molecule is CC(Nc1cc(Cl)nc(-c2cccc(Cl)n2)n1)C(F)(F)F. The standard InChI is InChI=1S/C12H9Cl2F3N4/c1-6(12(15,16)17)18-10-5-9(14)20-11(21-10)7-3-2-4-8(13)19-7/h2-6H,1H3,(H,18,20,21). The first-order valence-electron chi connectivity index (χ1n) is 5.76. The fraction of sp³-hybridized carbons (Fsp3) is 0.250. The molecule has 2 aromatic rings. The fourth-order valence-electron chi connectivity index (χ4n) is 1.44. The maximum Gasteiger partial charge on any atom is 0.408 e. The highest BCUT2D eigenvalue weighted by molar-refractivity contribution is 6.30. The van der Waals surface area contributed by atoms with Crippen molar-refractivity contribution in [2.24, 2.45) is 0 Å². The van der Waals surface area contributed by atoms with Crippen LogP contribution in [0, 0.1) is 0 Å². The molecule has 0 amide bonds. The molecule has 1 unspecified atom stereocenters. The van der Waals surface area contributed by atoms with Gasteiger partial charge in [0, 0.05) is 6.07 Å². The Balaban J connectivity index is 2.34. The zero-order valence-electron chi connectivity index (χ0n) is 10.6. The molecule has 4 nitrogen and oxygen atoms in total. The van der Waals surface area contributed by atoms with Crippen molar-refractivity contribution < 1.29 is 13.2 Å². The minimum atomic E-state index is -4.40. The van der Waals surface area contributed by atoms with E-state index in [-0.39, 0.29) is 21.9 Å². The van der Waals surface area contributed by atoms with Gasteiger partial charge in [-0.3, -0.25) is 0 Å². The van der Waals surface area contributed by atoms with Crippen molar-refractivity contribution >= 4 is 29.0 Å². The van der Waals surface area contributed by atoms with Gasteiger partial charge in [0.05, 0.1) is 0 Å². The molecule has 0 saturated carbocycles. The van der Waals surface area contributed by atoms with Gasteiger partial charge in [-0.1, -0.05) is 29.3 Å². The van der Waals surface area contributed by atoms with Crippen LogP contribution in [0.5, 0.6) is 0 Å². The van der Waals surface area contributed by atoms with E-state index in [1.54, 1.807) is 18.2 Å². The van der Waals surface area contributed by atoms with E-state index < -0.39 is 12.2 Å². The van der Waals surface area contributed by atoms with Crippen molar-refractivity contribution in [2.75, 3.05) is 5.32 Å². The van der Waals surface area contributed by atoms with Crippen LogP contribution < -0.4 is 5.32 Å². The lowest BCUT2D eigenvalue weighted by molar-refractivity contribution is -0.138. The largest absolute Gasteiger partial charge is 0.408 e. The summed E-state index contributed by atoms with van der Waals surface area (Å²) in [6, 6.07) is 4.19. The number of pyridine rings is 1. The Morgan fingerprint density at radius 1 is 1.10 bits per heavy atom. The summed E-state index contributed by atoms with van der Waals surface area (Å²) in [6.45, 7) is 0.979. The molecule has 0 bridgehead atoms. The van der Waals surface area contributed by atoms with Crippen molar-refractivity contribution in [3.05, 3.63) is 34.6 Å². The van der Waals surface area contributed by atoms with Gasteiger partial charge in [-0.2, -0.15) is 13.2 Å². The molecule has 0 spiro atoms. The van der Waals surface area contributed by atoms with E-state index in [2.05, 4.69) is 20.3 Å². The number of aromatic nitrogens is 3. The number of nitrogens with zero attached hydrogens (tertiary/aromatic N) is 3. The van der Waals surface area contributed by atoms with Crippen LogP contribution in [0.1, 0.15) is 6.92 Å². The van der Waals surface area contributed by atoms with Crippen molar-refractivity contribution in [3.8, 4) is 11.5 Å². The highest BCUT2D eigenvalue weighted by Gasteiger charge is 2.36. The molecule has 21 heavy (non-hydrogen) atoms. The number of hydrogen-bond donors (Lipinski definition) is 1. The molecule has 0 aliphatic heterocycles. The van der Waals surface area contributed by atoms with Crippen LogP contribution in [0.25, 0.3) is 11.5 Å². The van der Waals surface area contributed by atoms with Gasteiger partial charge in [-0.05, 0) is 19.1 Å². The van der Waals surface area contributed by atoms with E-state index in [0.717, 1.165) is 6.92 Å². The molecule has 0 fully saturated rings. The molecule has 0 aromatic carbocycles. The third-order valence-corrected chi connectivity index (χ3v) is 2.90. The van der Waals surface area contributed by atoms with Gasteiger partial charge in [-0.25, -0.2) is 15.0 Å². The molecule has 1 atom stereocenters. The monoisotopic (exact) mass is 336 g/mol. The minimum absolute atomic E-state index is 0.00125. The Hall–Kier alpha value is -1.60. The predicted molar refractivity (Wildman–Crippen MR) is 74.4 cm³/mol. The lowest BCUT2D eigenvalue weighted by Gasteiger charge is -2.18. The van der Waals surface area contributed by atoms with Crippen molar-refractivity contribution in [1.29, 1.82) is 0 Å². The van der Waals surface area contributed by atoms with Crippen LogP contribution in [0.4, 0.5) is 19.0 Å². The van der Waals surface area contributed by atoms with Gasteiger partial charge >= 0.3 is 6.18 Å². The van der Waals surface area contributed by atoms with Crippen molar-refractivity contribution in [1.82, 2.24) is 15.0 Å². The molecule has 0 aliphatic rings. The van der Waals surface area contributed by atoms with E-state index in [0.29, 0.717) is 5.69 Å². The van der Waals surface area contributed by atoms with Crippen LogP contribution in [0.3, 0.4) is 0 Å². The first-order chi connectivity index (χ1) is 9.75. The van der Waals surface area contributed by atoms with E-state index in [4.69, 9.17) is 23.2 Å². The molecule has 0 aliphatic carbocycles. The summed E-state index contributed by atoms with van der Waals surface area (Å²) in [5.41, 5.74) is 0.313. The lowest BCUT2D eigenvalue weighted by atomic mass is 10.3. The maximum atomic E-state index is 12.5. The molecule has 2 rings (SSSR count). The number of hydrogen-bond acceptors (Lipinski definition) is 4. The second kappa shape index (κ2) is 6.03. The zero-order chi connectivity index (χ0) is 15.6. The number of halogens is 5. The van der Waals surface area contributed by atoms with Crippen LogP contribution in [-0.4, -0.2) is 27.2 Å². The molecular formula is C12H9Cl2F3N4. The number of anilines is 1. The second-order valence-corrected chi connectivity index (χ2v) is 4.93. The normalized spacial score (nSPS) is 13.0. The molecule has 2 heterocycles. The van der Waals surface area contributed by atoms with E-state index in [1.165, 1.54) is 6.07 Å². The molecule has 0 radical (unpaired) electrons. The van der Waals surface area contributed by atoms with E-state index >= 15 is 0 Å². The molecule has 0 saturated heterocycles. The molecular weight excluding hydrogens is 328 g/mol. The highest BCUT2D eigenvalue weighted by Crippen LogP contribution is 2.25. The third kappa shape index (κ3) is 4.18. The Kier molecular flexibility index (Phi) is 4.53. The van der Waals surface area contributed by atoms with Crippen LogP contribution in [0.2, 0.25) is 10.3 Å². The minimum Gasteiger partial charge on any atom is -0.359 e. The number of rotatable bonds is 3. The van der Waals surface area contributed by atoms with Gasteiger partial charge in [0.15, 0.2) is 5.82 Å². The summed E-state index contributed by atoms with van der Waals surface area (Å²) in [4.78, 5) is 11.9. The Bertz CT molecular complexity index is 649. The first kappa shape index (κ1) is 15.8. The first-order valence-corrected chi connectivity index (χ1v) is 6.52. The van der Waals surface area contributed by atoms with E-state index in [1.807, 2.05) is 0 Å². The highest BCUT2D eigenvalue weighted by atomic mass is 35.5. The average Bonchev–Trinajstić information content (AvgIpc) is 2.37. The third-order valence-electron chi connectivity index (χ3n) is 2.49. The quantitative estimate of drug-likeness (QED) is 0.673. The average molecular weight is 337 g/mol. The van der Waals surface area contributed by atoms with Crippen LogP contribution in [-0.2, 0) is 0 Å². The van der Waals surface area contributed by atoms with Crippen LogP contribution in [0.15, 0.2) is 24.3 Å². The summed E-state index contributed by atoms with van der Waals surface area (Å²) < 4.78 is 37.6. The smallest absolute Gasteiger partial charge is 0.359 e. The van der Waals surface area contributed by atoms with Crippen molar-refractivity contribution in [2.45, 2.75) is 19.1 Å². The Morgan fingerprint density at radius 3 is 2.43 bits per heavy atom. The van der Waals surface area contributed by atoms with Gasteiger partial charge < -0.3 is 5.32 Å². The topological polar surface area (TPSA) is 50.7 Å². The summed E-state index contributed by atoms with van der Waals surface area (Å²) in [6.07, 6.45) is -4.40. The Labute approximate surface area is 128 Å². The summed E-state index contributed by atoms with van der Waals surface area (Å²) in [7, 11) is 0. The lowest BCUT2D eigenvalue weighted by Crippen LogP contribution is -2.33. The van der Waals surface area contributed by atoms with Gasteiger partial charge in [0.2, 0.25) is 0 Å². The second-order valence-electron chi connectivity index (χ2n) is 4.15. The van der Waals surface area contributed by atoms with Gasteiger partial charge in [-0.15, -0.1) is 0 Å². The van der Waals surface area contributed by atoms with Crippen LogP contribution >= 0.6 is 23.2 Å². The summed E-state index contributed by atoms with van der Waals surface area (Å²) in [5.74, 6) is 0.0403. The van der Waals surface area contributed by atoms with Crippen molar-refractivity contribution in [3.63, 3.8) is 0 Å². The fourth-order valence-corrected chi connectivity index (χ4v) is 1.79. The summed E-state index contributed by atoms with van der Waals surface area (Å²) >= 11 is 11.6. The molecule has 112 valence electrons. The predicted octanol–water partition coefficient (Wildman–Crippen LogP) is 4.21. The zero-order valence-corrected chi connectivity index (χ0v) is 12.1. The number of nitrogens with one attached hydrogen (secondary N) is 1. The molecule has 9 heteroatoms. The molecule has 2 aromatic heterocycles. The number of alkyl halides is 3. The van der Waals surface area contributed by atoms with E-state index in [9.17, 15) is 13.2 Å². The summed E-state index contributed by atoms with van der Waals surface area (Å²) in [5, 5.41) is 2.44. The van der Waals surface area contributed by atoms with Gasteiger partial charge in [0.25, 0.3) is 0 Å². The maximum absolute atomic E-state index is 12.5. The van der Waals surface area contributed by atoms with Gasteiger partial charge in [0.1, 0.15) is 27.9 Å². The Morgan fingerprint density at radius 2 is 1.81 bits per heavy atom.